The molecule has 0 atom stereocenters. The van der Waals surface area contributed by atoms with Gasteiger partial charge in [-0.2, -0.15) is 0 Å². The van der Waals surface area contributed by atoms with Crippen LogP contribution in [-0.4, -0.2) is 35.4 Å². The van der Waals surface area contributed by atoms with Gasteiger partial charge in [0.1, 0.15) is 27.9 Å². The number of methoxy groups -OCH3 is 2. The van der Waals surface area contributed by atoms with Gasteiger partial charge < -0.3 is 19.7 Å². The third-order valence-electron chi connectivity index (χ3n) is 3.81. The average molecular weight is 383 g/mol. The molecule has 0 fully saturated rings. The van der Waals surface area contributed by atoms with Crippen molar-refractivity contribution in [2.45, 2.75) is 0 Å². The third kappa shape index (κ3) is 3.98. The van der Waals surface area contributed by atoms with E-state index in [1.807, 2.05) is 0 Å². The van der Waals surface area contributed by atoms with Gasteiger partial charge in [0.05, 0.1) is 24.8 Å². The summed E-state index contributed by atoms with van der Waals surface area (Å²) < 4.78 is 9.90. The topological polar surface area (TPSA) is 88.4 Å². The number of aliphatic hydroxyl groups excluding tert-OH is 1. The highest BCUT2D eigenvalue weighted by Crippen LogP contribution is 2.41. The lowest BCUT2D eigenvalue weighted by atomic mass is 10.1. The van der Waals surface area contributed by atoms with Crippen LogP contribution in [0.2, 0.25) is 0 Å². The molecular weight excluding hydrogens is 366 g/mol. The zero-order chi connectivity index (χ0) is 19.4. The van der Waals surface area contributed by atoms with Gasteiger partial charge in [0, 0.05) is 5.56 Å². The number of aliphatic imine (C=N–C) groups is 1. The van der Waals surface area contributed by atoms with Crippen LogP contribution in [0.4, 0.5) is 5.69 Å². The van der Waals surface area contributed by atoms with Crippen LogP contribution >= 0.6 is 11.8 Å². The Kier molecular flexibility index (Phi) is 5.52. The van der Waals surface area contributed by atoms with Gasteiger partial charge in [-0.1, -0.05) is 30.0 Å². The molecule has 2 N–H and O–H groups in total. The third-order valence-corrected chi connectivity index (χ3v) is 4.83. The van der Waals surface area contributed by atoms with Gasteiger partial charge >= 0.3 is 5.97 Å². The Morgan fingerprint density at radius 1 is 1.07 bits per heavy atom. The first kappa shape index (κ1) is 18.6. The van der Waals surface area contributed by atoms with Crippen molar-refractivity contribution in [2.75, 3.05) is 14.2 Å². The SMILES string of the molecule is COC(=O)C1=C(O)C(=Cc2ccccc2O)SC1=Nc1ccc(OC)cc1. The molecule has 2 aromatic rings. The minimum atomic E-state index is -0.687. The fourth-order valence-corrected chi connectivity index (χ4v) is 3.44. The maximum absolute atomic E-state index is 12.2. The Labute approximate surface area is 160 Å². The molecule has 138 valence electrons. The summed E-state index contributed by atoms with van der Waals surface area (Å²) in [6, 6.07) is 13.7. The Morgan fingerprint density at radius 3 is 2.41 bits per heavy atom. The summed E-state index contributed by atoms with van der Waals surface area (Å²) in [5.74, 6) is -0.168. The number of nitrogens with zero attached hydrogens (tertiary/aromatic N) is 1. The highest BCUT2D eigenvalue weighted by Gasteiger charge is 2.33. The van der Waals surface area contributed by atoms with Crippen LogP contribution in [0.3, 0.4) is 0 Å². The van der Waals surface area contributed by atoms with E-state index in [2.05, 4.69) is 4.99 Å². The van der Waals surface area contributed by atoms with E-state index in [1.54, 1.807) is 61.7 Å². The maximum Gasteiger partial charge on any atom is 0.344 e. The number of aliphatic hydroxyl groups is 1. The molecule has 0 radical (unpaired) electrons. The van der Waals surface area contributed by atoms with E-state index in [-0.39, 0.29) is 17.1 Å². The van der Waals surface area contributed by atoms with Crippen LogP contribution < -0.4 is 4.74 Å². The molecule has 0 unspecified atom stereocenters. The quantitative estimate of drug-likeness (QED) is 0.769. The Balaban J connectivity index is 2.03. The molecule has 1 heterocycles. The minimum Gasteiger partial charge on any atom is -0.507 e. The molecule has 1 aliphatic rings. The summed E-state index contributed by atoms with van der Waals surface area (Å²) in [5.41, 5.74) is 1.10. The molecule has 0 aliphatic carbocycles. The number of phenols is 1. The number of aromatic hydroxyl groups is 1. The van der Waals surface area contributed by atoms with E-state index in [1.165, 1.54) is 7.11 Å². The van der Waals surface area contributed by atoms with Gasteiger partial charge in [0.15, 0.2) is 0 Å². The zero-order valence-corrected chi connectivity index (χ0v) is 15.5. The van der Waals surface area contributed by atoms with Crippen molar-refractivity contribution in [3.8, 4) is 11.5 Å². The number of hydrogen-bond acceptors (Lipinski definition) is 7. The molecule has 0 saturated heterocycles. The largest absolute Gasteiger partial charge is 0.507 e. The standard InChI is InChI=1S/C20H17NO5S/c1-25-14-9-7-13(8-10-14)21-19-17(20(24)26-2)18(23)16(27-19)11-12-5-3-4-6-15(12)22/h3-11,22-23H,1-2H3. The first-order valence-electron chi connectivity index (χ1n) is 7.96. The van der Waals surface area contributed by atoms with E-state index in [4.69, 9.17) is 9.47 Å². The molecule has 3 rings (SSSR count). The van der Waals surface area contributed by atoms with Crippen molar-refractivity contribution in [1.82, 2.24) is 0 Å². The van der Waals surface area contributed by atoms with Crippen molar-refractivity contribution in [1.29, 1.82) is 0 Å². The number of phenolic OH excluding ortho intramolecular Hbond substituents is 1. The first-order chi connectivity index (χ1) is 13.0. The van der Waals surface area contributed by atoms with E-state index in [0.717, 1.165) is 11.8 Å². The van der Waals surface area contributed by atoms with Crippen LogP contribution in [0.1, 0.15) is 5.56 Å². The molecular formula is C20H17NO5S. The van der Waals surface area contributed by atoms with E-state index >= 15 is 0 Å². The fourth-order valence-electron chi connectivity index (χ4n) is 2.42. The van der Waals surface area contributed by atoms with E-state index in [0.29, 0.717) is 26.9 Å². The first-order valence-corrected chi connectivity index (χ1v) is 8.77. The summed E-state index contributed by atoms with van der Waals surface area (Å²) in [6.45, 7) is 0. The van der Waals surface area contributed by atoms with Crippen LogP contribution in [0.15, 0.2) is 69.8 Å². The molecule has 1 aliphatic heterocycles. The molecule has 7 heteroatoms. The van der Waals surface area contributed by atoms with Crippen molar-refractivity contribution in [2.24, 2.45) is 4.99 Å². The fraction of sp³-hybridized carbons (Fsp3) is 0.100. The van der Waals surface area contributed by atoms with Gasteiger partial charge in [-0.15, -0.1) is 0 Å². The summed E-state index contributed by atoms with van der Waals surface area (Å²) in [6.07, 6.45) is 1.59. The Morgan fingerprint density at radius 2 is 1.78 bits per heavy atom. The number of thioether (sulfide) groups is 1. The predicted octanol–water partition coefficient (Wildman–Crippen LogP) is 4.20. The number of carbonyl (C=O) groups is 1. The molecule has 0 amide bonds. The highest BCUT2D eigenvalue weighted by molar-refractivity contribution is 8.18. The number of ether oxygens (including phenoxy) is 2. The van der Waals surface area contributed by atoms with Gasteiger partial charge in [-0.25, -0.2) is 9.79 Å². The van der Waals surface area contributed by atoms with Crippen molar-refractivity contribution in [3.05, 3.63) is 70.3 Å². The second kappa shape index (κ2) is 8.01. The summed E-state index contributed by atoms with van der Waals surface area (Å²) in [7, 11) is 2.81. The van der Waals surface area contributed by atoms with Gasteiger partial charge in [-0.3, -0.25) is 0 Å². The molecule has 2 aromatic carbocycles. The molecule has 0 saturated carbocycles. The average Bonchev–Trinajstić information content (AvgIpc) is 2.98. The normalized spacial score (nSPS) is 16.8. The van der Waals surface area contributed by atoms with Crippen LogP contribution in [-0.2, 0) is 9.53 Å². The molecule has 27 heavy (non-hydrogen) atoms. The van der Waals surface area contributed by atoms with Crippen LogP contribution in [0.25, 0.3) is 6.08 Å². The van der Waals surface area contributed by atoms with E-state index < -0.39 is 5.97 Å². The van der Waals surface area contributed by atoms with Gasteiger partial charge in [-0.05, 0) is 36.4 Å². The number of benzene rings is 2. The summed E-state index contributed by atoms with van der Waals surface area (Å²) in [5, 5.41) is 20.8. The van der Waals surface area contributed by atoms with Gasteiger partial charge in [0.25, 0.3) is 0 Å². The number of para-hydroxylation sites is 1. The monoisotopic (exact) mass is 383 g/mol. The molecule has 0 spiro atoms. The predicted molar refractivity (Wildman–Crippen MR) is 105 cm³/mol. The second-order valence-electron chi connectivity index (χ2n) is 5.50. The van der Waals surface area contributed by atoms with Crippen LogP contribution in [0, 0.1) is 0 Å². The second-order valence-corrected chi connectivity index (χ2v) is 6.53. The smallest absolute Gasteiger partial charge is 0.344 e. The number of rotatable bonds is 4. The number of carbonyl (C=O) groups excluding carboxylic acids is 1. The highest BCUT2D eigenvalue weighted by atomic mass is 32.2. The summed E-state index contributed by atoms with van der Waals surface area (Å²) >= 11 is 1.12. The molecule has 0 aromatic heterocycles. The summed E-state index contributed by atoms with van der Waals surface area (Å²) in [4.78, 5) is 17.0. The number of hydrogen-bond donors (Lipinski definition) is 2. The zero-order valence-electron chi connectivity index (χ0n) is 14.7. The lowest BCUT2D eigenvalue weighted by Crippen LogP contribution is -2.10. The van der Waals surface area contributed by atoms with Crippen LogP contribution in [0.5, 0.6) is 11.5 Å². The molecule has 6 nitrogen and oxygen atoms in total. The molecule has 0 bridgehead atoms. The van der Waals surface area contributed by atoms with E-state index in [9.17, 15) is 15.0 Å². The Hall–Kier alpha value is -3.19. The van der Waals surface area contributed by atoms with Crippen molar-refractivity contribution < 1.29 is 24.5 Å². The Bertz CT molecular complexity index is 961. The van der Waals surface area contributed by atoms with Crippen molar-refractivity contribution >= 4 is 34.5 Å². The lowest BCUT2D eigenvalue weighted by molar-refractivity contribution is -0.135. The minimum absolute atomic E-state index is 0.0139. The van der Waals surface area contributed by atoms with Gasteiger partial charge in [0.2, 0.25) is 0 Å². The maximum atomic E-state index is 12.2. The number of esters is 1. The lowest BCUT2D eigenvalue weighted by Gasteiger charge is -2.03. The van der Waals surface area contributed by atoms with Crippen molar-refractivity contribution in [3.63, 3.8) is 0 Å².